The molecular formula is C19H18BrN3O3. The maximum atomic E-state index is 12.5. The standard InChI is InChI=1S/C19H18BrN3O3/c1-13(25-16-9-4-3-5-10-16)19(24)23(2)12-17-21-18(22-26-17)14-7-6-8-15(20)11-14/h3-11,13H,12H2,1-2H3/t13-/m1/s1. The fourth-order valence-corrected chi connectivity index (χ4v) is 2.81. The Bertz CT molecular complexity index is 883. The third-order valence-electron chi connectivity index (χ3n) is 3.70. The van der Waals surface area contributed by atoms with Gasteiger partial charge in [0.15, 0.2) is 6.10 Å². The second-order valence-corrected chi connectivity index (χ2v) is 6.71. The van der Waals surface area contributed by atoms with Crippen LogP contribution in [0.4, 0.5) is 0 Å². The Hall–Kier alpha value is -2.67. The number of carbonyl (C=O) groups is 1. The van der Waals surface area contributed by atoms with E-state index in [0.717, 1.165) is 10.0 Å². The first-order chi connectivity index (χ1) is 12.5. The van der Waals surface area contributed by atoms with Crippen molar-refractivity contribution in [2.75, 3.05) is 7.05 Å². The normalized spacial score (nSPS) is 11.8. The van der Waals surface area contributed by atoms with Gasteiger partial charge in [0.05, 0.1) is 6.54 Å². The van der Waals surface area contributed by atoms with Crippen LogP contribution < -0.4 is 4.74 Å². The van der Waals surface area contributed by atoms with E-state index in [4.69, 9.17) is 9.26 Å². The van der Waals surface area contributed by atoms with Crippen LogP contribution in [-0.4, -0.2) is 34.1 Å². The summed E-state index contributed by atoms with van der Waals surface area (Å²) >= 11 is 3.42. The number of aromatic nitrogens is 2. The van der Waals surface area contributed by atoms with E-state index in [1.165, 1.54) is 4.90 Å². The first-order valence-electron chi connectivity index (χ1n) is 8.08. The van der Waals surface area contributed by atoms with Gasteiger partial charge in [-0.2, -0.15) is 4.98 Å². The summed E-state index contributed by atoms with van der Waals surface area (Å²) < 4.78 is 11.9. The molecule has 3 rings (SSSR count). The van der Waals surface area contributed by atoms with Gasteiger partial charge in [0.2, 0.25) is 11.7 Å². The summed E-state index contributed by atoms with van der Waals surface area (Å²) in [6.45, 7) is 1.93. The zero-order valence-electron chi connectivity index (χ0n) is 14.4. The number of para-hydroxylation sites is 1. The van der Waals surface area contributed by atoms with Crippen molar-refractivity contribution in [3.05, 3.63) is 65.0 Å². The number of carbonyl (C=O) groups excluding carboxylic acids is 1. The van der Waals surface area contributed by atoms with E-state index in [2.05, 4.69) is 26.1 Å². The molecule has 2 aromatic carbocycles. The summed E-state index contributed by atoms with van der Waals surface area (Å²) in [4.78, 5) is 18.3. The number of benzene rings is 2. The SMILES string of the molecule is C[C@@H](Oc1ccccc1)C(=O)N(C)Cc1nc(-c2cccc(Br)c2)no1. The van der Waals surface area contributed by atoms with Crippen molar-refractivity contribution in [3.8, 4) is 17.1 Å². The van der Waals surface area contributed by atoms with Gasteiger partial charge in [-0.05, 0) is 31.2 Å². The lowest BCUT2D eigenvalue weighted by Crippen LogP contribution is -2.37. The molecule has 1 atom stereocenters. The second-order valence-electron chi connectivity index (χ2n) is 5.79. The number of amides is 1. The highest BCUT2D eigenvalue weighted by atomic mass is 79.9. The minimum absolute atomic E-state index is 0.170. The summed E-state index contributed by atoms with van der Waals surface area (Å²) in [5, 5.41) is 3.98. The van der Waals surface area contributed by atoms with Crippen molar-refractivity contribution in [2.24, 2.45) is 0 Å². The Morgan fingerprint density at radius 1 is 1.23 bits per heavy atom. The fraction of sp³-hybridized carbons (Fsp3) is 0.211. The Balaban J connectivity index is 1.62. The minimum Gasteiger partial charge on any atom is -0.481 e. The van der Waals surface area contributed by atoms with Crippen LogP contribution in [0.1, 0.15) is 12.8 Å². The summed E-state index contributed by atoms with van der Waals surface area (Å²) in [5.41, 5.74) is 0.837. The van der Waals surface area contributed by atoms with Gasteiger partial charge in [-0.25, -0.2) is 0 Å². The number of ether oxygens (including phenoxy) is 1. The molecule has 0 fully saturated rings. The van der Waals surface area contributed by atoms with Crippen LogP contribution in [0.15, 0.2) is 63.6 Å². The fourth-order valence-electron chi connectivity index (χ4n) is 2.41. The molecule has 0 aliphatic heterocycles. The molecular weight excluding hydrogens is 398 g/mol. The van der Waals surface area contributed by atoms with Gasteiger partial charge < -0.3 is 14.2 Å². The highest BCUT2D eigenvalue weighted by Gasteiger charge is 2.21. The second kappa shape index (κ2) is 8.14. The topological polar surface area (TPSA) is 68.5 Å². The molecule has 3 aromatic rings. The van der Waals surface area contributed by atoms with Crippen LogP contribution in [0.5, 0.6) is 5.75 Å². The number of halogens is 1. The monoisotopic (exact) mass is 415 g/mol. The average Bonchev–Trinajstić information content (AvgIpc) is 3.10. The van der Waals surface area contributed by atoms with Gasteiger partial charge >= 0.3 is 0 Å². The molecule has 1 amide bonds. The molecule has 0 bridgehead atoms. The quantitative estimate of drug-likeness (QED) is 0.609. The zero-order valence-corrected chi connectivity index (χ0v) is 16.0. The van der Waals surface area contributed by atoms with E-state index in [1.54, 1.807) is 14.0 Å². The Morgan fingerprint density at radius 2 is 2.00 bits per heavy atom. The predicted molar refractivity (Wildman–Crippen MR) is 100 cm³/mol. The van der Waals surface area contributed by atoms with Crippen molar-refractivity contribution in [1.82, 2.24) is 15.0 Å². The zero-order chi connectivity index (χ0) is 18.5. The lowest BCUT2D eigenvalue weighted by molar-refractivity contribution is -0.137. The van der Waals surface area contributed by atoms with Gasteiger partial charge in [-0.15, -0.1) is 0 Å². The van der Waals surface area contributed by atoms with Gasteiger partial charge in [0.25, 0.3) is 5.91 Å². The Kier molecular flexibility index (Phi) is 5.68. The number of hydrogen-bond donors (Lipinski definition) is 0. The third kappa shape index (κ3) is 4.49. The highest BCUT2D eigenvalue weighted by Crippen LogP contribution is 2.20. The molecule has 7 heteroatoms. The average molecular weight is 416 g/mol. The van der Waals surface area contributed by atoms with E-state index in [-0.39, 0.29) is 12.5 Å². The van der Waals surface area contributed by atoms with E-state index in [1.807, 2.05) is 54.6 Å². The molecule has 134 valence electrons. The lowest BCUT2D eigenvalue weighted by Gasteiger charge is -2.20. The number of likely N-dealkylation sites (N-methyl/N-ethyl adjacent to an activating group) is 1. The molecule has 0 aliphatic carbocycles. The molecule has 0 radical (unpaired) electrons. The van der Waals surface area contributed by atoms with Gasteiger partial charge in [-0.1, -0.05) is 51.4 Å². The van der Waals surface area contributed by atoms with Crippen molar-refractivity contribution < 1.29 is 14.1 Å². The number of rotatable bonds is 6. The highest BCUT2D eigenvalue weighted by molar-refractivity contribution is 9.10. The van der Waals surface area contributed by atoms with E-state index >= 15 is 0 Å². The minimum atomic E-state index is -0.616. The molecule has 1 heterocycles. The Labute approximate surface area is 159 Å². The van der Waals surface area contributed by atoms with E-state index in [9.17, 15) is 4.79 Å². The molecule has 6 nitrogen and oxygen atoms in total. The predicted octanol–water partition coefficient (Wildman–Crippen LogP) is 3.93. The number of nitrogens with zero attached hydrogens (tertiary/aromatic N) is 3. The van der Waals surface area contributed by atoms with Crippen molar-refractivity contribution in [1.29, 1.82) is 0 Å². The summed E-state index contributed by atoms with van der Waals surface area (Å²) in [6.07, 6.45) is -0.616. The lowest BCUT2D eigenvalue weighted by atomic mass is 10.2. The van der Waals surface area contributed by atoms with Crippen molar-refractivity contribution in [3.63, 3.8) is 0 Å². The van der Waals surface area contributed by atoms with Crippen molar-refractivity contribution >= 4 is 21.8 Å². The Morgan fingerprint density at radius 3 is 2.73 bits per heavy atom. The smallest absolute Gasteiger partial charge is 0.263 e. The van der Waals surface area contributed by atoms with Crippen molar-refractivity contribution in [2.45, 2.75) is 19.6 Å². The maximum Gasteiger partial charge on any atom is 0.263 e. The maximum absolute atomic E-state index is 12.5. The molecule has 0 saturated carbocycles. The summed E-state index contributed by atoms with van der Waals surface area (Å²) in [5.74, 6) is 1.33. The molecule has 0 aliphatic rings. The summed E-state index contributed by atoms with van der Waals surface area (Å²) in [7, 11) is 1.68. The van der Waals surface area contributed by atoms with E-state index < -0.39 is 6.10 Å². The van der Waals surface area contributed by atoms with E-state index in [0.29, 0.717) is 17.5 Å². The first kappa shape index (κ1) is 18.1. The molecule has 26 heavy (non-hydrogen) atoms. The molecule has 0 saturated heterocycles. The molecule has 0 spiro atoms. The van der Waals surface area contributed by atoms with Crippen LogP contribution in [0, 0.1) is 0 Å². The number of hydrogen-bond acceptors (Lipinski definition) is 5. The first-order valence-corrected chi connectivity index (χ1v) is 8.87. The molecule has 0 unspecified atom stereocenters. The van der Waals surface area contributed by atoms with Gasteiger partial charge in [0, 0.05) is 17.1 Å². The van der Waals surface area contributed by atoms with Gasteiger partial charge in [0.1, 0.15) is 5.75 Å². The van der Waals surface area contributed by atoms with Crippen LogP contribution in [0.2, 0.25) is 0 Å². The molecule has 1 aromatic heterocycles. The largest absolute Gasteiger partial charge is 0.481 e. The van der Waals surface area contributed by atoms with Crippen LogP contribution in [0.3, 0.4) is 0 Å². The third-order valence-corrected chi connectivity index (χ3v) is 4.20. The van der Waals surface area contributed by atoms with Crippen LogP contribution >= 0.6 is 15.9 Å². The van der Waals surface area contributed by atoms with Crippen LogP contribution in [0.25, 0.3) is 11.4 Å². The molecule has 0 N–H and O–H groups in total. The van der Waals surface area contributed by atoms with Crippen LogP contribution in [-0.2, 0) is 11.3 Å². The summed E-state index contributed by atoms with van der Waals surface area (Å²) in [6, 6.07) is 16.8. The van der Waals surface area contributed by atoms with Gasteiger partial charge in [-0.3, -0.25) is 4.79 Å².